The molecule has 1 unspecified atom stereocenters. The predicted molar refractivity (Wildman–Crippen MR) is 138 cm³/mol. The summed E-state index contributed by atoms with van der Waals surface area (Å²) in [7, 11) is -0.275. The minimum Gasteiger partial charge on any atom is -1.00 e. The molecule has 176 valence electrons. The van der Waals surface area contributed by atoms with E-state index in [1.165, 1.54) is 22.3 Å². The van der Waals surface area contributed by atoms with Crippen molar-refractivity contribution in [3.05, 3.63) is 94.3 Å². The molecule has 0 nitrogen and oxygen atoms in total. The van der Waals surface area contributed by atoms with Crippen molar-refractivity contribution in [2.75, 3.05) is 0 Å². The van der Waals surface area contributed by atoms with E-state index in [4.69, 9.17) is 0 Å². The van der Waals surface area contributed by atoms with Crippen LogP contribution in [0.4, 0.5) is 0 Å². The summed E-state index contributed by atoms with van der Waals surface area (Å²) in [6, 6.07) is 25.4. The van der Waals surface area contributed by atoms with E-state index in [1.807, 2.05) is 0 Å². The molecule has 0 aromatic heterocycles. The fourth-order valence-electron chi connectivity index (χ4n) is 5.88. The molecule has 4 heteroatoms. The number of rotatable bonds is 3. The molecular formula is C30H33Cl2PZr. The molecule has 34 heavy (non-hydrogen) atoms. The zero-order chi connectivity index (χ0) is 22.7. The molecule has 0 bridgehead atoms. The topological polar surface area (TPSA) is 0 Å². The van der Waals surface area contributed by atoms with Gasteiger partial charge in [-0.25, -0.2) is 0 Å². The van der Waals surface area contributed by atoms with Gasteiger partial charge in [-0.1, -0.05) is 0 Å². The Balaban J connectivity index is 0.00000162. The molecule has 3 aromatic rings. The fraction of sp³-hybridized carbons (Fsp3) is 0.333. The molecule has 3 aromatic carbocycles. The maximum Gasteiger partial charge on any atom is -1.00 e. The standard InChI is InChI=1S/C17H24P.C13H9.2ClH.Zr/c1-16(2,3)18(17(4,5)6)15-11-13-9-7-8-10-14(13)12-15;1-3-7-12-10(5-1)9-11-6-2-4-8-13(11)12;;;/h7-12H,1-6H3;1-5,7-8H,9H2;2*1H;/q;;;;+2/p-2. The summed E-state index contributed by atoms with van der Waals surface area (Å²) in [4.78, 5) is 0. The van der Waals surface area contributed by atoms with E-state index in [-0.39, 0.29) is 32.7 Å². The number of hydrogen-bond donors (Lipinski definition) is 0. The summed E-state index contributed by atoms with van der Waals surface area (Å²) < 4.78 is 2.35. The van der Waals surface area contributed by atoms with Gasteiger partial charge in [-0.3, -0.25) is 0 Å². The van der Waals surface area contributed by atoms with Crippen LogP contribution in [0.3, 0.4) is 0 Å². The van der Waals surface area contributed by atoms with Crippen molar-refractivity contribution in [2.45, 2.75) is 61.9 Å². The van der Waals surface area contributed by atoms with E-state index in [9.17, 15) is 0 Å². The summed E-state index contributed by atoms with van der Waals surface area (Å²) in [5.41, 5.74) is 9.15. The average Bonchev–Trinajstić information content (AvgIpc) is 3.25. The Morgan fingerprint density at radius 3 is 2.06 bits per heavy atom. The Morgan fingerprint density at radius 2 is 1.35 bits per heavy atom. The van der Waals surface area contributed by atoms with Crippen molar-refractivity contribution in [1.82, 2.24) is 0 Å². The third-order valence-electron chi connectivity index (χ3n) is 6.66. The summed E-state index contributed by atoms with van der Waals surface area (Å²) in [6.45, 7) is 14.8. The van der Waals surface area contributed by atoms with Gasteiger partial charge in [-0.15, -0.1) is 0 Å². The van der Waals surface area contributed by atoms with E-state index in [1.54, 1.807) is 19.7 Å². The maximum absolute atomic E-state index is 2.60. The number of benzene rings is 3. The minimum absolute atomic E-state index is 0. The van der Waals surface area contributed by atoms with Gasteiger partial charge in [-0.2, -0.15) is 0 Å². The van der Waals surface area contributed by atoms with Gasteiger partial charge in [0.15, 0.2) is 0 Å². The summed E-state index contributed by atoms with van der Waals surface area (Å²) in [6.07, 6.45) is 3.71. The summed E-state index contributed by atoms with van der Waals surface area (Å²) in [5.74, 6) is 0. The molecule has 2 aliphatic rings. The molecular weight excluding hydrogens is 553 g/mol. The predicted octanol–water partition coefficient (Wildman–Crippen LogP) is 2.15. The third kappa shape index (κ3) is 5.07. The van der Waals surface area contributed by atoms with Crippen molar-refractivity contribution in [3.8, 4) is 11.1 Å². The van der Waals surface area contributed by atoms with Crippen LogP contribution in [-0.4, -0.2) is 10.3 Å². The Labute approximate surface area is 231 Å². The smallest absolute Gasteiger partial charge is 1.00 e. The Bertz CT molecular complexity index is 1200. The van der Waals surface area contributed by atoms with Gasteiger partial charge in [0.25, 0.3) is 0 Å². The van der Waals surface area contributed by atoms with Gasteiger partial charge in [-0.05, 0) is 0 Å². The van der Waals surface area contributed by atoms with Crippen molar-refractivity contribution in [3.63, 3.8) is 0 Å². The van der Waals surface area contributed by atoms with Crippen LogP contribution in [0.2, 0.25) is 0 Å². The molecule has 0 amide bonds. The summed E-state index contributed by atoms with van der Waals surface area (Å²) >= 11 is -0.906. The molecule has 1 atom stereocenters. The third-order valence-corrected chi connectivity index (χ3v) is 15.0. The van der Waals surface area contributed by atoms with Crippen molar-refractivity contribution in [2.24, 2.45) is 0 Å². The largest absolute Gasteiger partial charge is 1.00 e. The average molecular weight is 587 g/mol. The zero-order valence-electron chi connectivity index (χ0n) is 20.9. The maximum atomic E-state index is 2.60. The molecule has 0 saturated carbocycles. The number of hydrogen-bond acceptors (Lipinski definition) is 0. The van der Waals surface area contributed by atoms with E-state index in [2.05, 4.69) is 114 Å². The van der Waals surface area contributed by atoms with Gasteiger partial charge in [0.05, 0.1) is 0 Å². The van der Waals surface area contributed by atoms with E-state index >= 15 is 0 Å². The second-order valence-electron chi connectivity index (χ2n) is 11.1. The molecule has 2 aliphatic carbocycles. The number of halogens is 2. The molecule has 0 radical (unpaired) electrons. The SMILES string of the molecule is CC(C)(C)P(C1=Cc2ccccc2[CH]1[Zr+2][c]1cccc2c1Cc1ccccc1-2)C(C)(C)C.[Cl-].[Cl-]. The molecule has 0 fully saturated rings. The normalized spacial score (nSPS) is 16.0. The molecule has 0 saturated heterocycles. The van der Waals surface area contributed by atoms with Gasteiger partial charge >= 0.3 is 208 Å². The Hall–Kier alpha value is -0.707. The van der Waals surface area contributed by atoms with Crippen molar-refractivity contribution < 1.29 is 48.0 Å². The first-order valence-corrected chi connectivity index (χ1v) is 15.7. The second kappa shape index (κ2) is 10.3. The minimum atomic E-state index is -0.906. The molecule has 0 spiro atoms. The fourth-order valence-corrected chi connectivity index (χ4v) is 15.3. The van der Waals surface area contributed by atoms with Crippen LogP contribution < -0.4 is 28.1 Å². The van der Waals surface area contributed by atoms with Crippen molar-refractivity contribution in [1.29, 1.82) is 0 Å². The number of allylic oxidation sites excluding steroid dienone is 1. The van der Waals surface area contributed by atoms with Crippen molar-refractivity contribution >= 4 is 17.3 Å². The first kappa shape index (κ1) is 27.9. The van der Waals surface area contributed by atoms with Gasteiger partial charge < -0.3 is 24.8 Å². The van der Waals surface area contributed by atoms with Gasteiger partial charge in [0.2, 0.25) is 0 Å². The second-order valence-corrected chi connectivity index (χ2v) is 18.4. The Kier molecular flexibility index (Phi) is 8.48. The Morgan fingerprint density at radius 1 is 0.735 bits per heavy atom. The van der Waals surface area contributed by atoms with Crippen LogP contribution in [-0.2, 0) is 29.7 Å². The van der Waals surface area contributed by atoms with Crippen LogP contribution >= 0.6 is 7.92 Å². The van der Waals surface area contributed by atoms with Crippen LogP contribution in [0, 0.1) is 0 Å². The van der Waals surface area contributed by atoms with Crippen LogP contribution in [0.1, 0.15) is 67.4 Å². The van der Waals surface area contributed by atoms with E-state index < -0.39 is 23.2 Å². The van der Waals surface area contributed by atoms with Crippen LogP contribution in [0.5, 0.6) is 0 Å². The molecule has 0 N–H and O–H groups in total. The first-order chi connectivity index (χ1) is 15.1. The van der Waals surface area contributed by atoms with E-state index in [0.29, 0.717) is 13.9 Å². The molecule has 5 rings (SSSR count). The monoisotopic (exact) mass is 584 g/mol. The quantitative estimate of drug-likeness (QED) is 0.323. The molecule has 0 heterocycles. The van der Waals surface area contributed by atoms with Crippen LogP contribution in [0.15, 0.2) is 72.0 Å². The number of fused-ring (bicyclic) bond motifs is 4. The molecule has 0 aliphatic heterocycles. The van der Waals surface area contributed by atoms with Gasteiger partial charge in [0, 0.05) is 0 Å². The van der Waals surface area contributed by atoms with E-state index in [0.717, 1.165) is 6.42 Å². The van der Waals surface area contributed by atoms with Gasteiger partial charge in [0.1, 0.15) is 0 Å². The summed E-state index contributed by atoms with van der Waals surface area (Å²) in [5, 5.41) is 2.36. The first-order valence-electron chi connectivity index (χ1n) is 11.7. The van der Waals surface area contributed by atoms with Crippen LogP contribution in [0.25, 0.3) is 17.2 Å². The zero-order valence-corrected chi connectivity index (χ0v) is 25.8.